The third-order valence-electron chi connectivity index (χ3n) is 15.4. The summed E-state index contributed by atoms with van der Waals surface area (Å²) in [4.78, 5) is 0. The van der Waals surface area contributed by atoms with Crippen molar-refractivity contribution in [2.24, 2.45) is 57.2 Å². The van der Waals surface area contributed by atoms with Gasteiger partial charge in [-0.15, -0.1) is 0 Å². The lowest BCUT2D eigenvalue weighted by Gasteiger charge is -2.59. The molecule has 0 heteroatoms. The van der Waals surface area contributed by atoms with Gasteiger partial charge < -0.3 is 0 Å². The van der Waals surface area contributed by atoms with E-state index in [0.717, 1.165) is 35.5 Å². The first-order chi connectivity index (χ1) is 18.6. The molecule has 0 amide bonds. The van der Waals surface area contributed by atoms with Gasteiger partial charge in [0.15, 0.2) is 0 Å². The van der Waals surface area contributed by atoms with E-state index in [4.69, 9.17) is 0 Å². The van der Waals surface area contributed by atoms with Crippen LogP contribution in [0, 0.1) is 57.2 Å². The largest absolute Gasteiger partial charge is 0.0620 e. The van der Waals surface area contributed by atoms with E-state index >= 15 is 0 Å². The van der Waals surface area contributed by atoms with Gasteiger partial charge in [-0.25, -0.2) is 0 Å². The third-order valence-corrected chi connectivity index (χ3v) is 15.4. The average molecular weight is 539 g/mol. The fourth-order valence-corrected chi connectivity index (χ4v) is 12.3. The van der Waals surface area contributed by atoms with Crippen LogP contribution in [0.15, 0.2) is 0 Å². The van der Waals surface area contributed by atoms with E-state index < -0.39 is 0 Å². The van der Waals surface area contributed by atoms with Crippen LogP contribution in [-0.4, -0.2) is 0 Å². The van der Waals surface area contributed by atoms with E-state index in [9.17, 15) is 0 Å². The van der Waals surface area contributed by atoms with Crippen molar-refractivity contribution < 1.29 is 0 Å². The maximum Gasteiger partial charge on any atom is -0.0292 e. The van der Waals surface area contributed by atoms with Crippen LogP contribution in [0.5, 0.6) is 0 Å². The van der Waals surface area contributed by atoms with Gasteiger partial charge in [0.2, 0.25) is 0 Å². The molecule has 39 heavy (non-hydrogen) atoms. The number of fused-ring (bicyclic) bond motifs is 1. The van der Waals surface area contributed by atoms with Crippen LogP contribution in [0.1, 0.15) is 189 Å². The monoisotopic (exact) mass is 539 g/mol. The average Bonchev–Trinajstić information content (AvgIpc) is 2.92. The van der Waals surface area contributed by atoms with Crippen LogP contribution in [-0.2, 0) is 0 Å². The summed E-state index contributed by atoms with van der Waals surface area (Å²) in [5, 5.41) is 0. The minimum absolute atomic E-state index is 0.535. The highest BCUT2D eigenvalue weighted by Gasteiger charge is 2.53. The van der Waals surface area contributed by atoms with Gasteiger partial charge in [0.05, 0.1) is 0 Å². The molecule has 0 saturated heterocycles. The van der Waals surface area contributed by atoms with Crippen molar-refractivity contribution in [2.75, 3.05) is 0 Å². The zero-order valence-corrected chi connectivity index (χ0v) is 27.7. The maximum absolute atomic E-state index is 2.81. The van der Waals surface area contributed by atoms with Gasteiger partial charge in [-0.05, 0) is 128 Å². The second kappa shape index (κ2) is 12.3. The molecule has 6 atom stereocenters. The summed E-state index contributed by atoms with van der Waals surface area (Å²) in [6.45, 7) is 16.6. The van der Waals surface area contributed by atoms with E-state index in [0.29, 0.717) is 21.7 Å². The molecular weight excluding hydrogens is 468 g/mol. The Balaban J connectivity index is 1.46. The SMILES string of the molecule is CC(CC(CC(C1CCC2CCCCC2C1(C)C)C1(C)CCCCC1)C1(C)CCCCC1)C1(C)CCCCC1. The molecule has 0 radical (unpaired) electrons. The highest BCUT2D eigenvalue weighted by atomic mass is 14.6. The van der Waals surface area contributed by atoms with E-state index in [-0.39, 0.29) is 0 Å². The molecule has 0 aromatic rings. The maximum atomic E-state index is 2.81. The van der Waals surface area contributed by atoms with Crippen molar-refractivity contribution in [3.05, 3.63) is 0 Å². The zero-order chi connectivity index (χ0) is 27.7. The molecule has 5 saturated carbocycles. The highest BCUT2D eigenvalue weighted by molar-refractivity contribution is 5.03. The van der Waals surface area contributed by atoms with Crippen molar-refractivity contribution in [3.8, 4) is 0 Å². The van der Waals surface area contributed by atoms with E-state index in [1.807, 2.05) is 0 Å². The fraction of sp³-hybridized carbons (Fsp3) is 1.00. The highest BCUT2D eigenvalue weighted by Crippen LogP contribution is 2.62. The molecule has 0 nitrogen and oxygen atoms in total. The van der Waals surface area contributed by atoms with Gasteiger partial charge in [0.25, 0.3) is 0 Å². The quantitative estimate of drug-likeness (QED) is 0.288. The molecule has 5 rings (SSSR count). The predicted octanol–water partition coefficient (Wildman–Crippen LogP) is 12.8. The Morgan fingerprint density at radius 3 is 1.62 bits per heavy atom. The minimum Gasteiger partial charge on any atom is -0.0620 e. The molecule has 5 fully saturated rings. The van der Waals surface area contributed by atoms with Gasteiger partial charge in [-0.2, -0.15) is 0 Å². The first-order valence-electron chi connectivity index (χ1n) is 18.6. The van der Waals surface area contributed by atoms with Gasteiger partial charge >= 0.3 is 0 Å². The summed E-state index contributed by atoms with van der Waals surface area (Å²) >= 11 is 0. The zero-order valence-electron chi connectivity index (χ0n) is 27.7. The number of hydrogen-bond donors (Lipinski definition) is 0. The van der Waals surface area contributed by atoms with Crippen LogP contribution < -0.4 is 0 Å². The van der Waals surface area contributed by atoms with Gasteiger partial charge in [-0.3, -0.25) is 0 Å². The van der Waals surface area contributed by atoms with E-state index in [1.165, 1.54) is 122 Å². The fourth-order valence-electron chi connectivity index (χ4n) is 12.3. The molecule has 0 aromatic heterocycles. The van der Waals surface area contributed by atoms with Gasteiger partial charge in [0, 0.05) is 0 Å². The molecule has 0 heterocycles. The molecule has 0 aliphatic heterocycles. The second-order valence-corrected chi connectivity index (χ2v) is 18.0. The lowest BCUT2D eigenvalue weighted by atomic mass is 9.46. The first-order valence-corrected chi connectivity index (χ1v) is 18.6. The Morgan fingerprint density at radius 1 is 0.513 bits per heavy atom. The minimum atomic E-state index is 0.535. The van der Waals surface area contributed by atoms with Crippen LogP contribution >= 0.6 is 0 Å². The molecular formula is C39H70. The Labute approximate surface area is 246 Å². The molecule has 0 aromatic carbocycles. The Morgan fingerprint density at radius 2 is 1.03 bits per heavy atom. The molecule has 0 spiro atoms. The topological polar surface area (TPSA) is 0 Å². The predicted molar refractivity (Wildman–Crippen MR) is 171 cm³/mol. The van der Waals surface area contributed by atoms with Crippen LogP contribution in [0.25, 0.3) is 0 Å². The molecule has 0 bridgehead atoms. The van der Waals surface area contributed by atoms with Crippen LogP contribution in [0.2, 0.25) is 0 Å². The van der Waals surface area contributed by atoms with Crippen molar-refractivity contribution in [1.29, 1.82) is 0 Å². The van der Waals surface area contributed by atoms with Crippen LogP contribution in [0.4, 0.5) is 0 Å². The van der Waals surface area contributed by atoms with Crippen LogP contribution in [0.3, 0.4) is 0 Å². The normalized spacial score (nSPS) is 36.3. The van der Waals surface area contributed by atoms with Crippen molar-refractivity contribution in [3.63, 3.8) is 0 Å². The summed E-state index contributed by atoms with van der Waals surface area (Å²) in [6, 6.07) is 0. The molecule has 6 unspecified atom stereocenters. The van der Waals surface area contributed by atoms with Gasteiger partial charge in [-0.1, -0.05) is 119 Å². The first kappa shape index (κ1) is 30.5. The molecule has 5 aliphatic rings. The third kappa shape index (κ3) is 6.36. The Hall–Kier alpha value is 0. The smallest absolute Gasteiger partial charge is 0.0292 e. The van der Waals surface area contributed by atoms with E-state index in [2.05, 4.69) is 41.5 Å². The summed E-state index contributed by atoms with van der Waals surface area (Å²) in [5.41, 5.74) is 2.31. The molecule has 226 valence electrons. The van der Waals surface area contributed by atoms with Crippen molar-refractivity contribution in [1.82, 2.24) is 0 Å². The lowest BCUT2D eigenvalue weighted by molar-refractivity contribution is -0.0932. The van der Waals surface area contributed by atoms with Crippen molar-refractivity contribution in [2.45, 2.75) is 189 Å². The second-order valence-electron chi connectivity index (χ2n) is 18.0. The number of rotatable bonds is 8. The summed E-state index contributed by atoms with van der Waals surface area (Å²) in [7, 11) is 0. The summed E-state index contributed by atoms with van der Waals surface area (Å²) in [6.07, 6.45) is 34.8. The number of hydrogen-bond acceptors (Lipinski definition) is 0. The summed E-state index contributed by atoms with van der Waals surface area (Å²) < 4.78 is 0. The molecule has 0 N–H and O–H groups in total. The standard InChI is InChI=1S/C39H70/c1-30(37(4)22-12-7-13-23-37)28-32(38(5)24-14-8-15-25-38)29-35(39(6)26-16-9-17-27-39)34-21-20-31-18-10-11-19-33(31)36(34,2)3/h30-35H,7-29H2,1-6H3. The lowest BCUT2D eigenvalue weighted by Crippen LogP contribution is -2.50. The summed E-state index contributed by atoms with van der Waals surface area (Å²) in [5.74, 6) is 5.78. The Bertz CT molecular complexity index is 755. The molecule has 5 aliphatic carbocycles. The Kier molecular flexibility index (Phi) is 9.62. The van der Waals surface area contributed by atoms with Crippen molar-refractivity contribution >= 4 is 0 Å². The van der Waals surface area contributed by atoms with Gasteiger partial charge in [0.1, 0.15) is 0 Å². The van der Waals surface area contributed by atoms with E-state index in [1.54, 1.807) is 25.7 Å².